The molecule has 8 nitrogen and oxygen atoms in total. The van der Waals surface area contributed by atoms with Gasteiger partial charge in [0.25, 0.3) is 5.56 Å². The fourth-order valence-corrected chi connectivity index (χ4v) is 6.66. The molecule has 0 saturated heterocycles. The second-order valence-electron chi connectivity index (χ2n) is 10.4. The highest BCUT2D eigenvalue weighted by molar-refractivity contribution is 7.07. The van der Waals surface area contributed by atoms with E-state index in [0.29, 0.717) is 50.0 Å². The standard InChI is InChI=1S/C35H28N2O6S/c1-3-40-34(39)31-21(2)36-35-37(32(31)24-14-15-28-29(18-24)43-20-42-28)33(38)30(44-35)17-22-8-6-12-26(16-22)41-19-25-11-7-10-23-9-4-5-13-27(23)25/h4-18,32H,3,19-20H2,1-2H3/t32-/m1/s1. The molecule has 7 rings (SSSR count). The van der Waals surface area contributed by atoms with E-state index in [2.05, 4.69) is 29.3 Å². The van der Waals surface area contributed by atoms with Crippen LogP contribution in [-0.2, 0) is 16.1 Å². The first-order valence-electron chi connectivity index (χ1n) is 14.3. The minimum absolute atomic E-state index is 0.117. The number of aromatic nitrogens is 1. The maximum atomic E-state index is 14.0. The second kappa shape index (κ2) is 11.5. The summed E-state index contributed by atoms with van der Waals surface area (Å²) in [6.07, 6.45) is 1.83. The number of benzene rings is 4. The zero-order valence-corrected chi connectivity index (χ0v) is 24.9. The third-order valence-electron chi connectivity index (χ3n) is 7.66. The van der Waals surface area contributed by atoms with Crippen LogP contribution in [0.5, 0.6) is 17.2 Å². The number of hydrogen-bond donors (Lipinski definition) is 0. The molecule has 5 aromatic rings. The number of fused-ring (bicyclic) bond motifs is 3. The van der Waals surface area contributed by atoms with Crippen LogP contribution in [-0.4, -0.2) is 23.9 Å². The molecule has 9 heteroatoms. The zero-order chi connectivity index (χ0) is 30.2. The smallest absolute Gasteiger partial charge is 0.338 e. The van der Waals surface area contributed by atoms with E-state index in [0.717, 1.165) is 21.9 Å². The van der Waals surface area contributed by atoms with Crippen molar-refractivity contribution in [3.05, 3.63) is 133 Å². The van der Waals surface area contributed by atoms with Crippen molar-refractivity contribution < 1.29 is 23.7 Å². The Kier molecular flexibility index (Phi) is 7.23. The summed E-state index contributed by atoms with van der Waals surface area (Å²) >= 11 is 1.27. The van der Waals surface area contributed by atoms with Crippen LogP contribution in [0.3, 0.4) is 0 Å². The number of allylic oxidation sites excluding steroid dienone is 1. The van der Waals surface area contributed by atoms with Gasteiger partial charge in [-0.05, 0) is 71.7 Å². The van der Waals surface area contributed by atoms with Gasteiger partial charge in [-0.1, -0.05) is 72.0 Å². The van der Waals surface area contributed by atoms with Crippen LogP contribution in [0, 0.1) is 0 Å². The van der Waals surface area contributed by atoms with Crippen LogP contribution in [0.25, 0.3) is 16.8 Å². The maximum Gasteiger partial charge on any atom is 0.338 e. The van der Waals surface area contributed by atoms with Gasteiger partial charge >= 0.3 is 5.97 Å². The fourth-order valence-electron chi connectivity index (χ4n) is 5.62. The quantitative estimate of drug-likeness (QED) is 0.236. The Labute approximate surface area is 256 Å². The predicted octanol–water partition coefficient (Wildman–Crippen LogP) is 5.26. The molecule has 0 aliphatic carbocycles. The zero-order valence-electron chi connectivity index (χ0n) is 24.1. The van der Waals surface area contributed by atoms with Crippen molar-refractivity contribution in [2.45, 2.75) is 26.5 Å². The summed E-state index contributed by atoms with van der Waals surface area (Å²) in [5.74, 6) is 1.35. The van der Waals surface area contributed by atoms with Crippen LogP contribution >= 0.6 is 11.3 Å². The first kappa shape index (κ1) is 27.7. The van der Waals surface area contributed by atoms with Crippen LogP contribution in [0.15, 0.2) is 106 Å². The van der Waals surface area contributed by atoms with Gasteiger partial charge in [0.2, 0.25) is 6.79 Å². The largest absolute Gasteiger partial charge is 0.489 e. The van der Waals surface area contributed by atoms with E-state index in [-0.39, 0.29) is 19.0 Å². The number of ether oxygens (including phenoxy) is 4. The van der Waals surface area contributed by atoms with Crippen molar-refractivity contribution >= 4 is 34.2 Å². The summed E-state index contributed by atoms with van der Waals surface area (Å²) in [7, 11) is 0. The topological polar surface area (TPSA) is 88.4 Å². The maximum absolute atomic E-state index is 14.0. The number of nitrogens with zero attached hydrogens (tertiary/aromatic N) is 2. The van der Waals surface area contributed by atoms with Crippen LogP contribution < -0.4 is 29.1 Å². The Bertz CT molecular complexity index is 2140. The molecular weight excluding hydrogens is 576 g/mol. The summed E-state index contributed by atoms with van der Waals surface area (Å²) in [5, 5.41) is 2.32. The molecule has 0 bridgehead atoms. The summed E-state index contributed by atoms with van der Waals surface area (Å²) in [6.45, 7) is 4.25. The summed E-state index contributed by atoms with van der Waals surface area (Å²) < 4.78 is 24.7. The van der Waals surface area contributed by atoms with Gasteiger partial charge in [-0.3, -0.25) is 9.36 Å². The monoisotopic (exact) mass is 604 g/mol. The fraction of sp³-hybridized carbons (Fsp3) is 0.171. The molecule has 0 radical (unpaired) electrons. The third-order valence-corrected chi connectivity index (χ3v) is 8.64. The average molecular weight is 605 g/mol. The minimum atomic E-state index is -0.739. The molecule has 4 aromatic carbocycles. The molecule has 220 valence electrons. The first-order chi connectivity index (χ1) is 21.5. The predicted molar refractivity (Wildman–Crippen MR) is 168 cm³/mol. The van der Waals surface area contributed by atoms with Crippen molar-refractivity contribution in [1.29, 1.82) is 0 Å². The SMILES string of the molecule is CCOC(=O)C1=C(C)N=c2sc(=Cc3cccc(OCc4cccc5ccccc45)c3)c(=O)n2[C@@H]1c1ccc2c(c1)OCO2. The molecule has 1 atom stereocenters. The molecule has 0 N–H and O–H groups in total. The molecule has 0 unspecified atom stereocenters. The van der Waals surface area contributed by atoms with E-state index in [9.17, 15) is 9.59 Å². The molecule has 0 fully saturated rings. The van der Waals surface area contributed by atoms with Crippen molar-refractivity contribution in [2.75, 3.05) is 13.4 Å². The molecular formula is C35H28N2O6S. The molecule has 44 heavy (non-hydrogen) atoms. The van der Waals surface area contributed by atoms with Crippen LogP contribution in [0.2, 0.25) is 0 Å². The molecule has 0 spiro atoms. The lowest BCUT2D eigenvalue weighted by Crippen LogP contribution is -2.39. The second-order valence-corrected chi connectivity index (χ2v) is 11.4. The summed E-state index contributed by atoms with van der Waals surface area (Å²) in [4.78, 5) is 32.4. The number of rotatable bonds is 7. The highest BCUT2D eigenvalue weighted by atomic mass is 32.1. The van der Waals surface area contributed by atoms with Gasteiger partial charge in [-0.2, -0.15) is 0 Å². The van der Waals surface area contributed by atoms with Crippen molar-refractivity contribution in [3.8, 4) is 17.2 Å². The van der Waals surface area contributed by atoms with E-state index in [1.165, 1.54) is 11.3 Å². The summed E-state index contributed by atoms with van der Waals surface area (Å²) in [6, 6.07) is 26.7. The molecule has 0 amide bonds. The van der Waals surface area contributed by atoms with Gasteiger partial charge in [0, 0.05) is 0 Å². The summed E-state index contributed by atoms with van der Waals surface area (Å²) in [5.41, 5.74) is 3.16. The Morgan fingerprint density at radius 2 is 1.84 bits per heavy atom. The molecule has 0 saturated carbocycles. The Morgan fingerprint density at radius 1 is 1.02 bits per heavy atom. The molecule has 1 aromatic heterocycles. The highest BCUT2D eigenvalue weighted by Crippen LogP contribution is 2.38. The molecule has 3 heterocycles. The van der Waals surface area contributed by atoms with Crippen molar-refractivity contribution in [3.63, 3.8) is 0 Å². The van der Waals surface area contributed by atoms with E-state index in [1.54, 1.807) is 30.5 Å². The highest BCUT2D eigenvalue weighted by Gasteiger charge is 2.34. The lowest BCUT2D eigenvalue weighted by atomic mass is 9.95. The van der Waals surface area contributed by atoms with Gasteiger partial charge in [0.1, 0.15) is 12.4 Å². The van der Waals surface area contributed by atoms with Gasteiger partial charge in [0.05, 0.1) is 28.5 Å². The van der Waals surface area contributed by atoms with Crippen molar-refractivity contribution in [1.82, 2.24) is 4.57 Å². The lowest BCUT2D eigenvalue weighted by molar-refractivity contribution is -0.139. The van der Waals surface area contributed by atoms with Crippen LogP contribution in [0.1, 0.15) is 36.6 Å². The Morgan fingerprint density at radius 3 is 2.73 bits per heavy atom. The lowest BCUT2D eigenvalue weighted by Gasteiger charge is -2.24. The van der Waals surface area contributed by atoms with Gasteiger partial charge in [0.15, 0.2) is 16.3 Å². The number of carbonyl (C=O) groups is 1. The average Bonchev–Trinajstić information content (AvgIpc) is 3.63. The number of thiazole rings is 1. The van der Waals surface area contributed by atoms with E-state index >= 15 is 0 Å². The Balaban J connectivity index is 1.25. The van der Waals surface area contributed by atoms with Crippen molar-refractivity contribution in [2.24, 2.45) is 4.99 Å². The minimum Gasteiger partial charge on any atom is -0.489 e. The van der Waals surface area contributed by atoms with E-state index < -0.39 is 12.0 Å². The molecule has 2 aliphatic heterocycles. The van der Waals surface area contributed by atoms with Gasteiger partial charge < -0.3 is 18.9 Å². The third kappa shape index (κ3) is 5.05. The number of esters is 1. The van der Waals surface area contributed by atoms with E-state index in [1.807, 2.05) is 54.6 Å². The van der Waals surface area contributed by atoms with Gasteiger partial charge in [-0.25, -0.2) is 9.79 Å². The first-order valence-corrected chi connectivity index (χ1v) is 15.1. The number of hydrogen-bond acceptors (Lipinski definition) is 8. The molecule has 2 aliphatic rings. The number of carbonyl (C=O) groups excluding carboxylic acids is 1. The van der Waals surface area contributed by atoms with E-state index in [4.69, 9.17) is 18.9 Å². The van der Waals surface area contributed by atoms with Gasteiger partial charge in [-0.15, -0.1) is 0 Å². The normalized spacial score (nSPS) is 15.7. The van der Waals surface area contributed by atoms with Crippen LogP contribution in [0.4, 0.5) is 0 Å². The Hall–Kier alpha value is -5.15.